The van der Waals surface area contributed by atoms with E-state index in [-0.39, 0.29) is 17.9 Å². The molecular formula is C28H31N5O3. The van der Waals surface area contributed by atoms with Crippen LogP contribution < -0.4 is 5.32 Å². The number of rotatable bonds is 5. The lowest BCUT2D eigenvalue weighted by Gasteiger charge is -2.35. The van der Waals surface area contributed by atoms with Crippen LogP contribution in [0.25, 0.3) is 22.0 Å². The quantitative estimate of drug-likeness (QED) is 0.550. The van der Waals surface area contributed by atoms with Crippen molar-refractivity contribution in [3.05, 3.63) is 54.2 Å². The molecule has 0 unspecified atom stereocenters. The Morgan fingerprint density at radius 3 is 2.67 bits per heavy atom. The Bertz CT molecular complexity index is 1320. The maximum atomic E-state index is 13.3. The van der Waals surface area contributed by atoms with Gasteiger partial charge in [0.05, 0.1) is 17.8 Å². The molecule has 2 bridgehead atoms. The minimum Gasteiger partial charge on any atom is -0.444 e. The van der Waals surface area contributed by atoms with Crippen LogP contribution in [0.5, 0.6) is 0 Å². The van der Waals surface area contributed by atoms with Gasteiger partial charge in [-0.15, -0.1) is 0 Å². The van der Waals surface area contributed by atoms with Gasteiger partial charge in [0.2, 0.25) is 5.91 Å². The molecule has 1 aliphatic carbocycles. The van der Waals surface area contributed by atoms with Gasteiger partial charge >= 0.3 is 6.09 Å². The van der Waals surface area contributed by atoms with Crippen LogP contribution in [-0.4, -0.2) is 50.8 Å². The van der Waals surface area contributed by atoms with Crippen LogP contribution in [-0.2, 0) is 16.0 Å². The van der Waals surface area contributed by atoms with Crippen molar-refractivity contribution in [3.8, 4) is 17.2 Å². The van der Waals surface area contributed by atoms with Crippen molar-refractivity contribution in [2.45, 2.75) is 70.2 Å². The summed E-state index contributed by atoms with van der Waals surface area (Å²) in [6.07, 6.45) is 4.32. The number of aromatic amines is 1. The zero-order valence-corrected chi connectivity index (χ0v) is 20.8. The van der Waals surface area contributed by atoms with Gasteiger partial charge in [-0.25, -0.2) is 4.79 Å². The summed E-state index contributed by atoms with van der Waals surface area (Å²) in [7, 11) is 0. The molecule has 0 radical (unpaired) electrons. The van der Waals surface area contributed by atoms with Crippen molar-refractivity contribution in [2.24, 2.45) is 5.92 Å². The first kappa shape index (κ1) is 23.9. The van der Waals surface area contributed by atoms with Gasteiger partial charge in [0.15, 0.2) is 0 Å². The first-order valence-corrected chi connectivity index (χ1v) is 12.5. The van der Waals surface area contributed by atoms with E-state index in [0.717, 1.165) is 46.9 Å². The van der Waals surface area contributed by atoms with Crippen LogP contribution >= 0.6 is 0 Å². The number of hydrogen-bond donors (Lipinski definition) is 2. The van der Waals surface area contributed by atoms with Gasteiger partial charge in [0.25, 0.3) is 0 Å². The number of fused-ring (bicyclic) bond motifs is 3. The lowest BCUT2D eigenvalue weighted by molar-refractivity contribution is -0.128. The summed E-state index contributed by atoms with van der Waals surface area (Å²) in [5.74, 6) is -0.169. The second kappa shape index (κ2) is 9.30. The number of nitriles is 1. The van der Waals surface area contributed by atoms with E-state index in [1.165, 1.54) is 0 Å². The molecule has 186 valence electrons. The standard InChI is InChI=1S/C28H31N5O3/c1-28(2,3)36-27(35)33-23-11-10-20(13-23)25(33)26(34)31-22(15-29)12-17-4-6-18(7-5-17)19-8-9-21-16-30-32-24(21)14-19/h4-9,14,16,20,22-23,25H,10-13H2,1-3H3,(H,30,32)(H,31,34)/t20-,22-,23+,25-/m0/s1. The van der Waals surface area contributed by atoms with E-state index in [2.05, 4.69) is 33.7 Å². The first-order chi connectivity index (χ1) is 17.2. The fraction of sp³-hybridized carbons (Fsp3) is 0.429. The maximum Gasteiger partial charge on any atom is 0.411 e. The third-order valence-electron chi connectivity index (χ3n) is 7.10. The second-order valence-corrected chi connectivity index (χ2v) is 10.8. The monoisotopic (exact) mass is 485 g/mol. The van der Waals surface area contributed by atoms with Crippen LogP contribution in [0, 0.1) is 17.2 Å². The Morgan fingerprint density at radius 2 is 1.94 bits per heavy atom. The van der Waals surface area contributed by atoms with Crippen molar-refractivity contribution in [2.75, 3.05) is 0 Å². The van der Waals surface area contributed by atoms with Crippen LogP contribution in [0.3, 0.4) is 0 Å². The van der Waals surface area contributed by atoms with Gasteiger partial charge < -0.3 is 10.1 Å². The molecule has 8 nitrogen and oxygen atoms in total. The predicted octanol–water partition coefficient (Wildman–Crippen LogP) is 4.57. The van der Waals surface area contributed by atoms with Crippen LogP contribution in [0.15, 0.2) is 48.7 Å². The van der Waals surface area contributed by atoms with E-state index < -0.39 is 23.8 Å². The smallest absolute Gasteiger partial charge is 0.411 e. The summed E-state index contributed by atoms with van der Waals surface area (Å²) >= 11 is 0. The van der Waals surface area contributed by atoms with Crippen molar-refractivity contribution in [1.29, 1.82) is 5.26 Å². The highest BCUT2D eigenvalue weighted by Gasteiger charge is 2.52. The highest BCUT2D eigenvalue weighted by atomic mass is 16.6. The summed E-state index contributed by atoms with van der Waals surface area (Å²) in [5, 5.41) is 20.8. The Hall–Kier alpha value is -3.86. The molecule has 1 aromatic heterocycles. The number of hydrogen-bond acceptors (Lipinski definition) is 5. The van der Waals surface area contributed by atoms with E-state index in [9.17, 15) is 14.9 Å². The molecule has 4 atom stereocenters. The van der Waals surface area contributed by atoms with E-state index >= 15 is 0 Å². The third-order valence-corrected chi connectivity index (χ3v) is 7.10. The molecule has 2 heterocycles. The number of aromatic nitrogens is 2. The zero-order valence-electron chi connectivity index (χ0n) is 20.8. The molecule has 2 aromatic carbocycles. The largest absolute Gasteiger partial charge is 0.444 e. The number of nitrogens with zero attached hydrogens (tertiary/aromatic N) is 3. The molecular weight excluding hydrogens is 454 g/mol. The lowest BCUT2D eigenvalue weighted by Crippen LogP contribution is -2.55. The fourth-order valence-electron chi connectivity index (χ4n) is 5.47. The summed E-state index contributed by atoms with van der Waals surface area (Å²) in [6, 6.07) is 15.1. The van der Waals surface area contributed by atoms with Gasteiger partial charge in [-0.1, -0.05) is 36.4 Å². The van der Waals surface area contributed by atoms with E-state index in [1.54, 1.807) is 11.1 Å². The van der Waals surface area contributed by atoms with E-state index in [0.29, 0.717) is 6.42 Å². The Balaban J connectivity index is 1.25. The molecule has 1 saturated heterocycles. The molecule has 1 saturated carbocycles. The molecule has 2 amide bonds. The number of carbonyl (C=O) groups is 2. The van der Waals surface area contributed by atoms with Gasteiger partial charge in [0, 0.05) is 17.8 Å². The van der Waals surface area contributed by atoms with Gasteiger partial charge in [-0.2, -0.15) is 10.4 Å². The van der Waals surface area contributed by atoms with Crippen LogP contribution in [0.1, 0.15) is 45.6 Å². The van der Waals surface area contributed by atoms with Gasteiger partial charge in [-0.05, 0) is 68.7 Å². The molecule has 2 N–H and O–H groups in total. The summed E-state index contributed by atoms with van der Waals surface area (Å²) in [4.78, 5) is 27.8. The highest BCUT2D eigenvalue weighted by molar-refractivity contribution is 5.88. The number of carbonyl (C=O) groups excluding carboxylic acids is 2. The number of benzene rings is 2. The fourth-order valence-corrected chi connectivity index (χ4v) is 5.47. The number of H-pyrrole nitrogens is 1. The minimum atomic E-state index is -0.690. The van der Waals surface area contributed by atoms with Crippen LogP contribution in [0.2, 0.25) is 0 Å². The van der Waals surface area contributed by atoms with Crippen molar-refractivity contribution in [1.82, 2.24) is 20.4 Å². The van der Waals surface area contributed by atoms with Crippen molar-refractivity contribution < 1.29 is 14.3 Å². The molecule has 3 aromatic rings. The first-order valence-electron chi connectivity index (χ1n) is 12.5. The average Bonchev–Trinajstić information content (AvgIpc) is 3.58. The molecule has 36 heavy (non-hydrogen) atoms. The summed E-state index contributed by atoms with van der Waals surface area (Å²) in [5.41, 5.74) is 3.42. The van der Waals surface area contributed by atoms with Crippen LogP contribution in [0.4, 0.5) is 4.79 Å². The molecule has 1 aliphatic heterocycles. The number of amides is 2. The third kappa shape index (κ3) is 4.78. The SMILES string of the molecule is CC(C)(C)OC(=O)N1[C@@H]2CC[C@@H](C2)[C@H]1C(=O)N[C@H](C#N)Cc1ccc(-c2ccc3cn[nH]c3c2)cc1. The highest BCUT2D eigenvalue weighted by Crippen LogP contribution is 2.43. The van der Waals surface area contributed by atoms with Gasteiger partial charge in [-0.3, -0.25) is 14.8 Å². The lowest BCUT2D eigenvalue weighted by atomic mass is 9.97. The zero-order chi connectivity index (χ0) is 25.4. The average molecular weight is 486 g/mol. The van der Waals surface area contributed by atoms with E-state index in [1.807, 2.05) is 51.1 Å². The molecule has 5 rings (SSSR count). The minimum absolute atomic E-state index is 0.0228. The number of ether oxygens (including phenoxy) is 1. The Kier molecular flexibility index (Phi) is 6.17. The molecule has 0 spiro atoms. The summed E-state index contributed by atoms with van der Waals surface area (Å²) in [6.45, 7) is 5.46. The number of likely N-dealkylation sites (tertiary alicyclic amines) is 1. The topological polar surface area (TPSA) is 111 Å². The van der Waals surface area contributed by atoms with E-state index in [4.69, 9.17) is 4.74 Å². The number of piperidine rings is 1. The van der Waals surface area contributed by atoms with Gasteiger partial charge in [0.1, 0.15) is 17.7 Å². The Morgan fingerprint density at radius 1 is 1.19 bits per heavy atom. The predicted molar refractivity (Wildman–Crippen MR) is 136 cm³/mol. The molecule has 2 fully saturated rings. The normalized spacial score (nSPS) is 21.8. The second-order valence-electron chi connectivity index (χ2n) is 10.8. The van der Waals surface area contributed by atoms with Crippen molar-refractivity contribution in [3.63, 3.8) is 0 Å². The Labute approximate surface area is 210 Å². The van der Waals surface area contributed by atoms with Crippen molar-refractivity contribution >= 4 is 22.9 Å². The molecule has 8 heteroatoms. The number of nitrogens with one attached hydrogen (secondary N) is 2. The summed E-state index contributed by atoms with van der Waals surface area (Å²) < 4.78 is 5.58. The molecule has 2 aliphatic rings. The maximum absolute atomic E-state index is 13.3.